The number of anilines is 1. The van der Waals surface area contributed by atoms with Crippen molar-refractivity contribution in [1.82, 2.24) is 10.2 Å². The van der Waals surface area contributed by atoms with Crippen LogP contribution in [0.5, 0.6) is 11.5 Å². The van der Waals surface area contributed by atoms with Crippen LogP contribution in [0.1, 0.15) is 50.7 Å². The van der Waals surface area contributed by atoms with Gasteiger partial charge in [-0.3, -0.25) is 13.9 Å². The van der Waals surface area contributed by atoms with Crippen molar-refractivity contribution in [3.05, 3.63) is 53.6 Å². The van der Waals surface area contributed by atoms with Gasteiger partial charge in [0, 0.05) is 32.1 Å². The van der Waals surface area contributed by atoms with E-state index >= 15 is 0 Å². The van der Waals surface area contributed by atoms with Crippen LogP contribution >= 0.6 is 0 Å². The molecule has 0 aliphatic carbocycles. The van der Waals surface area contributed by atoms with Crippen molar-refractivity contribution in [3.8, 4) is 11.5 Å². The molecular formula is C28H39N3O6S. The number of nitrogens with zero attached hydrogens (tertiary/aromatic N) is 2. The van der Waals surface area contributed by atoms with Crippen molar-refractivity contribution >= 4 is 27.5 Å². The maximum atomic E-state index is 13.4. The lowest BCUT2D eigenvalue weighted by molar-refractivity contribution is -0.140. The van der Waals surface area contributed by atoms with E-state index in [9.17, 15) is 18.0 Å². The van der Waals surface area contributed by atoms with Crippen LogP contribution in [0.15, 0.2) is 42.5 Å². The molecule has 2 aromatic rings. The van der Waals surface area contributed by atoms with Crippen LogP contribution in [0.25, 0.3) is 0 Å². The Labute approximate surface area is 226 Å². The Bertz CT molecular complexity index is 1220. The molecule has 0 bridgehead atoms. The second-order valence-corrected chi connectivity index (χ2v) is 11.4. The normalized spacial score (nSPS) is 13.5. The van der Waals surface area contributed by atoms with Crippen molar-refractivity contribution in [2.24, 2.45) is 0 Å². The van der Waals surface area contributed by atoms with Crippen molar-refractivity contribution in [3.63, 3.8) is 0 Å². The average molecular weight is 546 g/mol. The van der Waals surface area contributed by atoms with Crippen LogP contribution in [0, 0.1) is 6.92 Å². The Morgan fingerprint density at radius 1 is 1.05 bits per heavy atom. The van der Waals surface area contributed by atoms with Gasteiger partial charge in [-0.05, 0) is 49.9 Å². The largest absolute Gasteiger partial charge is 0.486 e. The minimum Gasteiger partial charge on any atom is -0.486 e. The molecule has 1 aliphatic rings. The molecule has 38 heavy (non-hydrogen) atoms. The first-order chi connectivity index (χ1) is 18.1. The first-order valence-corrected chi connectivity index (χ1v) is 15.0. The monoisotopic (exact) mass is 545 g/mol. The fourth-order valence-corrected chi connectivity index (χ4v) is 5.24. The number of fused-ring (bicyclic) bond motifs is 1. The maximum absolute atomic E-state index is 13.4. The molecule has 0 fully saturated rings. The predicted molar refractivity (Wildman–Crippen MR) is 148 cm³/mol. The molecule has 0 saturated heterocycles. The van der Waals surface area contributed by atoms with Crippen molar-refractivity contribution in [1.29, 1.82) is 0 Å². The zero-order valence-electron chi connectivity index (χ0n) is 22.7. The number of rotatable bonds is 13. The Kier molecular flexibility index (Phi) is 10.4. The van der Waals surface area contributed by atoms with E-state index in [-0.39, 0.29) is 31.2 Å². The third kappa shape index (κ3) is 7.86. The van der Waals surface area contributed by atoms with Gasteiger partial charge in [-0.25, -0.2) is 8.42 Å². The lowest BCUT2D eigenvalue weighted by atomic mass is 10.1. The number of carbonyl (C=O) groups excluding carboxylic acids is 2. The number of hydrogen-bond donors (Lipinski definition) is 1. The Morgan fingerprint density at radius 2 is 1.76 bits per heavy atom. The first-order valence-electron chi connectivity index (χ1n) is 13.1. The van der Waals surface area contributed by atoms with E-state index in [4.69, 9.17) is 9.47 Å². The minimum atomic E-state index is -3.61. The van der Waals surface area contributed by atoms with Crippen LogP contribution in [-0.4, -0.2) is 63.7 Å². The highest BCUT2D eigenvalue weighted by molar-refractivity contribution is 7.92. The Hall–Kier alpha value is -3.27. The third-order valence-corrected chi connectivity index (χ3v) is 7.76. The van der Waals surface area contributed by atoms with Crippen LogP contribution in [0.4, 0.5) is 5.69 Å². The number of amides is 2. The van der Waals surface area contributed by atoms with E-state index in [1.165, 1.54) is 4.31 Å². The van der Waals surface area contributed by atoms with Crippen LogP contribution in [0.2, 0.25) is 0 Å². The summed E-state index contributed by atoms with van der Waals surface area (Å²) in [4.78, 5) is 27.9. The summed E-state index contributed by atoms with van der Waals surface area (Å²) in [7, 11) is -3.61. The molecule has 9 nitrogen and oxygen atoms in total. The fourth-order valence-electron chi connectivity index (χ4n) is 4.28. The summed E-state index contributed by atoms with van der Waals surface area (Å²) in [5, 5.41) is 2.92. The number of ether oxygens (including phenoxy) is 2. The van der Waals surface area contributed by atoms with Gasteiger partial charge in [0.1, 0.15) is 19.3 Å². The number of aryl methyl sites for hydroxylation is 1. The highest BCUT2D eigenvalue weighted by Gasteiger charge is 2.27. The van der Waals surface area contributed by atoms with Gasteiger partial charge in [-0.2, -0.15) is 0 Å². The van der Waals surface area contributed by atoms with E-state index in [1.807, 2.05) is 38.1 Å². The van der Waals surface area contributed by atoms with E-state index in [0.717, 1.165) is 30.2 Å². The Morgan fingerprint density at radius 3 is 2.45 bits per heavy atom. The zero-order valence-corrected chi connectivity index (χ0v) is 23.6. The summed E-state index contributed by atoms with van der Waals surface area (Å²) in [5.74, 6) is 0.656. The summed E-state index contributed by atoms with van der Waals surface area (Å²) in [5.41, 5.74) is 2.44. The number of unbranched alkanes of at least 4 members (excludes halogenated alkanes) is 1. The molecule has 0 radical (unpaired) electrons. The highest BCUT2D eigenvalue weighted by atomic mass is 32.2. The van der Waals surface area contributed by atoms with Gasteiger partial charge < -0.3 is 19.7 Å². The molecule has 0 saturated carbocycles. The summed E-state index contributed by atoms with van der Waals surface area (Å²) in [6.45, 7) is 7.56. The second kappa shape index (κ2) is 13.5. The summed E-state index contributed by atoms with van der Waals surface area (Å²) in [6.07, 6.45) is 3.34. The second-order valence-electron chi connectivity index (χ2n) is 9.54. The molecule has 1 aliphatic heterocycles. The van der Waals surface area contributed by atoms with E-state index < -0.39 is 16.1 Å². The summed E-state index contributed by atoms with van der Waals surface area (Å²) in [6, 6.07) is 12.1. The SMILES string of the molecule is CCCCNC(=O)C(C)N(Cc1ccccc1C)C(=O)CCCN(c1ccc2c(c1)OCCO2)S(C)(=O)=O. The molecule has 1 unspecified atom stereocenters. The molecule has 1 heterocycles. The van der Waals surface area contributed by atoms with Gasteiger partial charge in [-0.15, -0.1) is 0 Å². The van der Waals surface area contributed by atoms with E-state index in [0.29, 0.717) is 43.5 Å². The van der Waals surface area contributed by atoms with Crippen molar-refractivity contribution in [2.45, 2.75) is 59.0 Å². The summed E-state index contributed by atoms with van der Waals surface area (Å²) < 4.78 is 37.6. The predicted octanol–water partition coefficient (Wildman–Crippen LogP) is 3.65. The average Bonchev–Trinajstić information content (AvgIpc) is 2.89. The molecular weight excluding hydrogens is 506 g/mol. The number of sulfonamides is 1. The number of nitrogens with one attached hydrogen (secondary N) is 1. The van der Waals surface area contributed by atoms with Crippen LogP contribution in [-0.2, 0) is 26.2 Å². The number of carbonyl (C=O) groups is 2. The fraction of sp³-hybridized carbons (Fsp3) is 0.500. The molecule has 208 valence electrons. The van der Waals surface area contributed by atoms with E-state index in [2.05, 4.69) is 5.32 Å². The maximum Gasteiger partial charge on any atom is 0.242 e. The molecule has 0 aromatic heterocycles. The lowest BCUT2D eigenvalue weighted by Crippen LogP contribution is -2.48. The molecule has 1 N–H and O–H groups in total. The summed E-state index contributed by atoms with van der Waals surface area (Å²) >= 11 is 0. The zero-order chi connectivity index (χ0) is 27.7. The molecule has 1 atom stereocenters. The third-order valence-electron chi connectivity index (χ3n) is 6.56. The van der Waals surface area contributed by atoms with Crippen LogP contribution in [0.3, 0.4) is 0 Å². The van der Waals surface area contributed by atoms with Gasteiger partial charge >= 0.3 is 0 Å². The van der Waals surface area contributed by atoms with Crippen LogP contribution < -0.4 is 19.1 Å². The van der Waals surface area contributed by atoms with Crippen molar-refractivity contribution < 1.29 is 27.5 Å². The number of hydrogen-bond acceptors (Lipinski definition) is 6. The molecule has 10 heteroatoms. The van der Waals surface area contributed by atoms with Crippen molar-refractivity contribution in [2.75, 3.05) is 36.9 Å². The first kappa shape index (κ1) is 29.3. The Balaban J connectivity index is 1.72. The highest BCUT2D eigenvalue weighted by Crippen LogP contribution is 2.34. The van der Waals surface area contributed by atoms with Gasteiger partial charge in [0.2, 0.25) is 21.8 Å². The molecule has 3 rings (SSSR count). The van der Waals surface area contributed by atoms with Gasteiger partial charge in [-0.1, -0.05) is 37.6 Å². The topological polar surface area (TPSA) is 105 Å². The molecule has 2 aromatic carbocycles. The quantitative estimate of drug-likeness (QED) is 0.385. The molecule has 2 amide bonds. The molecule has 0 spiro atoms. The number of benzene rings is 2. The lowest BCUT2D eigenvalue weighted by Gasteiger charge is -2.30. The van der Waals surface area contributed by atoms with Gasteiger partial charge in [0.15, 0.2) is 11.5 Å². The van der Waals surface area contributed by atoms with Gasteiger partial charge in [0.05, 0.1) is 11.9 Å². The minimum absolute atomic E-state index is 0.0923. The van der Waals surface area contributed by atoms with E-state index in [1.54, 1.807) is 30.0 Å². The standard InChI is InChI=1S/C28H39N3O6S/c1-5-6-15-29-28(33)22(3)30(20-23-11-8-7-10-21(23)2)27(32)12-9-16-31(38(4,34)35)24-13-14-25-26(19-24)37-18-17-36-25/h7-8,10-11,13-14,19,22H,5-6,9,12,15-18,20H2,1-4H3,(H,29,33). The van der Waals surface area contributed by atoms with Gasteiger partial charge in [0.25, 0.3) is 0 Å². The smallest absolute Gasteiger partial charge is 0.242 e.